The molecule has 94 valence electrons. The highest BCUT2D eigenvalue weighted by Crippen LogP contribution is 2.21. The molecule has 0 bridgehead atoms. The molecule has 0 spiro atoms. The minimum Gasteiger partial charge on any atom is -0.431 e. The van der Waals surface area contributed by atoms with Crippen LogP contribution in [0.25, 0.3) is 11.3 Å². The Balaban J connectivity index is 2.10. The Morgan fingerprint density at radius 1 is 1.39 bits per heavy atom. The van der Waals surface area contributed by atoms with Crippen molar-refractivity contribution in [2.45, 2.75) is 13.3 Å². The van der Waals surface area contributed by atoms with E-state index < -0.39 is 0 Å². The molecular weight excluding hydrogens is 252 g/mol. The number of hydrogen-bond acceptors (Lipinski definition) is 3. The summed E-state index contributed by atoms with van der Waals surface area (Å²) in [6.07, 6.45) is 1.75. The number of oxazole rings is 1. The van der Waals surface area contributed by atoms with E-state index in [1.54, 1.807) is 0 Å². The van der Waals surface area contributed by atoms with Gasteiger partial charge in [-0.3, -0.25) is 10.1 Å². The summed E-state index contributed by atoms with van der Waals surface area (Å²) in [4.78, 5) is 15.5. The fourth-order valence-corrected chi connectivity index (χ4v) is 1.63. The van der Waals surface area contributed by atoms with E-state index in [-0.39, 0.29) is 24.2 Å². The first-order valence-corrected chi connectivity index (χ1v) is 6.11. The third-order valence-electron chi connectivity index (χ3n) is 2.42. The monoisotopic (exact) mass is 264 g/mol. The maximum atomic E-state index is 11.3. The van der Waals surface area contributed by atoms with Crippen LogP contribution < -0.4 is 5.32 Å². The highest BCUT2D eigenvalue weighted by molar-refractivity contribution is 6.19. The number of amides is 1. The molecule has 0 aliphatic carbocycles. The number of aromatic nitrogens is 1. The van der Waals surface area contributed by atoms with Gasteiger partial charge in [0, 0.05) is 17.9 Å². The van der Waals surface area contributed by atoms with Gasteiger partial charge < -0.3 is 4.42 Å². The predicted molar refractivity (Wildman–Crippen MR) is 70.6 cm³/mol. The largest absolute Gasteiger partial charge is 0.431 e. The maximum Gasteiger partial charge on any atom is 0.301 e. The smallest absolute Gasteiger partial charge is 0.301 e. The third kappa shape index (κ3) is 3.11. The molecule has 0 atom stereocenters. The zero-order chi connectivity index (χ0) is 13.0. The Kier molecular flexibility index (Phi) is 3.99. The van der Waals surface area contributed by atoms with Crippen LogP contribution in [0.1, 0.15) is 12.0 Å². The molecule has 4 nitrogen and oxygen atoms in total. The van der Waals surface area contributed by atoms with Gasteiger partial charge in [0.25, 0.3) is 0 Å². The van der Waals surface area contributed by atoms with E-state index in [0.29, 0.717) is 5.69 Å². The zero-order valence-electron chi connectivity index (χ0n) is 9.94. The summed E-state index contributed by atoms with van der Waals surface area (Å²) < 4.78 is 5.18. The number of carbonyl (C=O) groups is 1. The summed E-state index contributed by atoms with van der Waals surface area (Å²) in [6, 6.07) is 8.10. The van der Waals surface area contributed by atoms with Crippen LogP contribution in [0.3, 0.4) is 0 Å². The second-order valence-corrected chi connectivity index (χ2v) is 4.27. The van der Waals surface area contributed by atoms with Crippen molar-refractivity contribution in [1.29, 1.82) is 0 Å². The Morgan fingerprint density at radius 3 is 2.78 bits per heavy atom. The lowest BCUT2D eigenvalue weighted by Crippen LogP contribution is -2.11. The van der Waals surface area contributed by atoms with E-state index >= 15 is 0 Å². The number of halogens is 1. The van der Waals surface area contributed by atoms with Crippen LogP contribution in [0.5, 0.6) is 0 Å². The predicted octanol–water partition coefficient (Wildman–Crippen LogP) is 3.22. The molecule has 0 radical (unpaired) electrons. The van der Waals surface area contributed by atoms with E-state index in [1.807, 2.05) is 31.2 Å². The van der Waals surface area contributed by atoms with Crippen molar-refractivity contribution in [3.05, 3.63) is 36.1 Å². The lowest BCUT2D eigenvalue weighted by Gasteiger charge is -1.97. The highest BCUT2D eigenvalue weighted by Gasteiger charge is 2.08. The van der Waals surface area contributed by atoms with E-state index in [0.717, 1.165) is 5.56 Å². The first-order chi connectivity index (χ1) is 8.69. The third-order valence-corrected chi connectivity index (χ3v) is 2.61. The Labute approximate surface area is 110 Å². The van der Waals surface area contributed by atoms with Gasteiger partial charge in [0.2, 0.25) is 5.91 Å². The van der Waals surface area contributed by atoms with Gasteiger partial charge in [0.05, 0.1) is 0 Å². The lowest BCUT2D eigenvalue weighted by atomic mass is 10.1. The number of benzene rings is 1. The van der Waals surface area contributed by atoms with E-state index in [4.69, 9.17) is 16.0 Å². The molecule has 0 saturated carbocycles. The minimum absolute atomic E-state index is 0.195. The van der Waals surface area contributed by atoms with Gasteiger partial charge in [-0.15, -0.1) is 11.6 Å². The summed E-state index contributed by atoms with van der Waals surface area (Å²) in [5.41, 5.74) is 2.82. The van der Waals surface area contributed by atoms with Crippen LogP contribution in [0.4, 0.5) is 6.01 Å². The Bertz CT molecular complexity index is 534. The summed E-state index contributed by atoms with van der Waals surface area (Å²) >= 11 is 5.47. The number of nitrogens with one attached hydrogen (secondary N) is 1. The molecule has 0 unspecified atom stereocenters. The summed E-state index contributed by atoms with van der Waals surface area (Å²) in [5, 5.41) is 2.54. The molecule has 5 heteroatoms. The number of alkyl halides is 1. The fourth-order valence-electron chi connectivity index (χ4n) is 1.46. The first kappa shape index (κ1) is 12.6. The van der Waals surface area contributed by atoms with Gasteiger partial charge in [0.1, 0.15) is 12.0 Å². The first-order valence-electron chi connectivity index (χ1n) is 5.57. The normalized spacial score (nSPS) is 10.3. The number of carbonyl (C=O) groups excluding carboxylic acids is 1. The lowest BCUT2D eigenvalue weighted by molar-refractivity contribution is -0.115. The summed E-state index contributed by atoms with van der Waals surface area (Å²) in [5.74, 6) is 0.0690. The second kappa shape index (κ2) is 5.69. The average Bonchev–Trinajstić information content (AvgIpc) is 2.78. The van der Waals surface area contributed by atoms with Gasteiger partial charge in [-0.25, -0.2) is 0 Å². The zero-order valence-corrected chi connectivity index (χ0v) is 10.7. The van der Waals surface area contributed by atoms with Crippen molar-refractivity contribution in [3.63, 3.8) is 0 Å². The minimum atomic E-state index is -0.206. The van der Waals surface area contributed by atoms with Crippen molar-refractivity contribution in [2.24, 2.45) is 0 Å². The van der Waals surface area contributed by atoms with Crippen LogP contribution in [0, 0.1) is 6.92 Å². The van der Waals surface area contributed by atoms with Crippen molar-refractivity contribution in [2.75, 3.05) is 11.2 Å². The molecule has 1 N–H and O–H groups in total. The number of nitrogens with zero attached hydrogens (tertiary/aromatic N) is 1. The van der Waals surface area contributed by atoms with Gasteiger partial charge in [0.15, 0.2) is 0 Å². The van der Waals surface area contributed by atoms with E-state index in [9.17, 15) is 4.79 Å². The number of anilines is 1. The van der Waals surface area contributed by atoms with Gasteiger partial charge in [-0.1, -0.05) is 29.8 Å². The molecule has 2 aromatic rings. The molecule has 0 fully saturated rings. The van der Waals surface area contributed by atoms with Crippen LogP contribution in [0.15, 0.2) is 34.9 Å². The molecular formula is C13H13ClN2O2. The summed E-state index contributed by atoms with van der Waals surface area (Å²) in [6.45, 7) is 2.02. The average molecular weight is 265 g/mol. The summed E-state index contributed by atoms with van der Waals surface area (Å²) in [7, 11) is 0. The van der Waals surface area contributed by atoms with Crippen molar-refractivity contribution >= 4 is 23.5 Å². The topological polar surface area (TPSA) is 55.1 Å². The fraction of sp³-hybridized carbons (Fsp3) is 0.231. The van der Waals surface area contributed by atoms with Gasteiger partial charge in [-0.2, -0.15) is 4.98 Å². The van der Waals surface area contributed by atoms with Crippen LogP contribution in [-0.2, 0) is 4.79 Å². The molecule has 0 saturated heterocycles. The quantitative estimate of drug-likeness (QED) is 0.863. The molecule has 2 rings (SSSR count). The van der Waals surface area contributed by atoms with E-state index in [1.165, 1.54) is 11.8 Å². The van der Waals surface area contributed by atoms with Crippen LogP contribution in [0.2, 0.25) is 0 Å². The highest BCUT2D eigenvalue weighted by atomic mass is 35.5. The van der Waals surface area contributed by atoms with Gasteiger partial charge >= 0.3 is 6.01 Å². The molecule has 1 heterocycles. The number of aryl methyl sites for hydroxylation is 1. The van der Waals surface area contributed by atoms with Crippen LogP contribution >= 0.6 is 11.6 Å². The van der Waals surface area contributed by atoms with E-state index in [2.05, 4.69) is 10.3 Å². The van der Waals surface area contributed by atoms with Crippen molar-refractivity contribution < 1.29 is 9.21 Å². The maximum absolute atomic E-state index is 11.3. The second-order valence-electron chi connectivity index (χ2n) is 3.89. The number of rotatable bonds is 4. The van der Waals surface area contributed by atoms with Crippen molar-refractivity contribution in [3.8, 4) is 11.3 Å². The molecule has 1 amide bonds. The van der Waals surface area contributed by atoms with Crippen molar-refractivity contribution in [1.82, 2.24) is 4.98 Å². The standard InChI is InChI=1S/C13H13ClN2O2/c1-9-2-4-10(5-3-9)11-8-18-13(15-11)16-12(17)6-7-14/h2-5,8H,6-7H2,1H3,(H,15,16,17). The molecule has 18 heavy (non-hydrogen) atoms. The molecule has 1 aromatic heterocycles. The Hall–Kier alpha value is -1.81. The molecule has 0 aliphatic heterocycles. The van der Waals surface area contributed by atoms with Crippen LogP contribution in [-0.4, -0.2) is 16.8 Å². The SMILES string of the molecule is Cc1ccc(-c2coc(NC(=O)CCCl)n2)cc1. The molecule has 1 aromatic carbocycles. The number of hydrogen-bond donors (Lipinski definition) is 1. The molecule has 0 aliphatic rings. The Morgan fingerprint density at radius 2 is 2.11 bits per heavy atom. The van der Waals surface area contributed by atoms with Gasteiger partial charge in [-0.05, 0) is 6.92 Å².